The molecule has 1 N–H and O–H groups in total. The number of aromatic carboxylic acids is 1. The summed E-state index contributed by atoms with van der Waals surface area (Å²) in [4.78, 5) is 11.1. The summed E-state index contributed by atoms with van der Waals surface area (Å²) < 4.78 is 1.80. The van der Waals surface area contributed by atoms with Crippen LogP contribution in [0.2, 0.25) is 0 Å². The van der Waals surface area contributed by atoms with Crippen molar-refractivity contribution in [2.75, 3.05) is 0 Å². The quantitative estimate of drug-likeness (QED) is 0.850. The van der Waals surface area contributed by atoms with Gasteiger partial charge in [0.1, 0.15) is 0 Å². The molecular formula is C12H19N3O2. The molecule has 17 heavy (non-hydrogen) atoms. The first-order chi connectivity index (χ1) is 8.08. The topological polar surface area (TPSA) is 68.0 Å². The van der Waals surface area contributed by atoms with E-state index in [1.54, 1.807) is 4.68 Å². The number of carboxylic acid groups (broad SMARTS) is 1. The smallest absolute Gasteiger partial charge is 0.358 e. The van der Waals surface area contributed by atoms with Gasteiger partial charge in [0.15, 0.2) is 5.69 Å². The number of rotatable bonds is 5. The zero-order chi connectivity index (χ0) is 12.4. The number of hydrogen-bond donors (Lipinski definition) is 1. The lowest BCUT2D eigenvalue weighted by molar-refractivity contribution is 0.0689. The van der Waals surface area contributed by atoms with Gasteiger partial charge < -0.3 is 5.11 Å². The van der Waals surface area contributed by atoms with Crippen molar-refractivity contribution >= 4 is 5.97 Å². The lowest BCUT2D eigenvalue weighted by Gasteiger charge is -2.25. The molecule has 1 aromatic heterocycles. The molecule has 0 unspecified atom stereocenters. The minimum atomic E-state index is -0.972. The number of carboxylic acids is 1. The molecule has 2 rings (SSSR count). The van der Waals surface area contributed by atoms with Crippen molar-refractivity contribution < 1.29 is 9.90 Å². The van der Waals surface area contributed by atoms with Gasteiger partial charge in [0.25, 0.3) is 0 Å². The number of carbonyl (C=O) groups is 1. The van der Waals surface area contributed by atoms with Crippen molar-refractivity contribution in [3.05, 3.63) is 11.4 Å². The van der Waals surface area contributed by atoms with Crippen LogP contribution in [0.1, 0.15) is 49.3 Å². The average Bonchev–Trinajstić information content (AvgIpc) is 2.54. The van der Waals surface area contributed by atoms with Gasteiger partial charge >= 0.3 is 5.97 Å². The standard InChI is InChI=1S/C12H19N3O2/c1-8(2)6-10-11(12(16)17)13-14-15(10)7-9-4-3-5-9/h8-9H,3-7H2,1-2H3,(H,16,17). The Bertz CT molecular complexity index is 408. The number of nitrogens with zero attached hydrogens (tertiary/aromatic N) is 3. The van der Waals surface area contributed by atoms with Crippen molar-refractivity contribution in [3.8, 4) is 0 Å². The SMILES string of the molecule is CC(C)Cc1c(C(=O)O)nnn1CC1CCC1. The Balaban J connectivity index is 2.20. The Kier molecular flexibility index (Phi) is 3.45. The number of aromatic nitrogens is 3. The molecule has 94 valence electrons. The molecule has 0 saturated heterocycles. The fraction of sp³-hybridized carbons (Fsp3) is 0.750. The summed E-state index contributed by atoms with van der Waals surface area (Å²) in [6.45, 7) is 4.97. The Morgan fingerprint density at radius 2 is 2.24 bits per heavy atom. The molecule has 1 fully saturated rings. The van der Waals surface area contributed by atoms with Crippen LogP contribution in [0.15, 0.2) is 0 Å². The average molecular weight is 237 g/mol. The summed E-state index contributed by atoms with van der Waals surface area (Å²) in [5.41, 5.74) is 0.900. The molecule has 0 spiro atoms. The summed E-state index contributed by atoms with van der Waals surface area (Å²) in [6.07, 6.45) is 4.46. The molecule has 1 heterocycles. The first-order valence-electron chi connectivity index (χ1n) is 6.23. The second-order valence-electron chi connectivity index (χ2n) is 5.27. The van der Waals surface area contributed by atoms with Gasteiger partial charge in [0.2, 0.25) is 0 Å². The van der Waals surface area contributed by atoms with Crippen molar-refractivity contribution in [2.45, 2.75) is 46.1 Å². The zero-order valence-electron chi connectivity index (χ0n) is 10.4. The van der Waals surface area contributed by atoms with Crippen LogP contribution in [0, 0.1) is 11.8 Å². The minimum Gasteiger partial charge on any atom is -0.476 e. The lowest BCUT2D eigenvalue weighted by Crippen LogP contribution is -2.21. The fourth-order valence-electron chi connectivity index (χ4n) is 2.15. The first kappa shape index (κ1) is 12.1. The molecule has 1 aliphatic rings. The molecule has 0 aromatic carbocycles. The molecule has 0 aliphatic heterocycles. The highest BCUT2D eigenvalue weighted by atomic mass is 16.4. The summed E-state index contributed by atoms with van der Waals surface area (Å²) >= 11 is 0. The van der Waals surface area contributed by atoms with Gasteiger partial charge in [-0.2, -0.15) is 0 Å². The predicted molar refractivity (Wildman–Crippen MR) is 62.9 cm³/mol. The van der Waals surface area contributed by atoms with Crippen LogP contribution in [0.4, 0.5) is 0 Å². The van der Waals surface area contributed by atoms with Gasteiger partial charge in [-0.1, -0.05) is 25.5 Å². The normalized spacial score (nSPS) is 16.2. The molecular weight excluding hydrogens is 218 g/mol. The van der Waals surface area contributed by atoms with Crippen LogP contribution in [0.5, 0.6) is 0 Å². The van der Waals surface area contributed by atoms with Crippen LogP contribution >= 0.6 is 0 Å². The van der Waals surface area contributed by atoms with E-state index in [2.05, 4.69) is 24.2 Å². The second kappa shape index (κ2) is 4.85. The summed E-state index contributed by atoms with van der Waals surface area (Å²) in [7, 11) is 0. The van der Waals surface area contributed by atoms with E-state index in [4.69, 9.17) is 5.11 Å². The van der Waals surface area contributed by atoms with E-state index in [0.29, 0.717) is 11.8 Å². The Morgan fingerprint density at radius 1 is 1.53 bits per heavy atom. The third kappa shape index (κ3) is 2.65. The second-order valence-corrected chi connectivity index (χ2v) is 5.27. The van der Waals surface area contributed by atoms with Crippen LogP contribution in [-0.4, -0.2) is 26.1 Å². The maximum Gasteiger partial charge on any atom is 0.358 e. The van der Waals surface area contributed by atoms with E-state index in [1.807, 2.05) is 0 Å². The molecule has 1 saturated carbocycles. The van der Waals surface area contributed by atoms with E-state index in [1.165, 1.54) is 19.3 Å². The van der Waals surface area contributed by atoms with Gasteiger partial charge in [-0.25, -0.2) is 9.48 Å². The van der Waals surface area contributed by atoms with Crippen molar-refractivity contribution in [3.63, 3.8) is 0 Å². The predicted octanol–water partition coefficient (Wildman–Crippen LogP) is 1.97. The molecule has 1 aliphatic carbocycles. The van der Waals surface area contributed by atoms with E-state index >= 15 is 0 Å². The van der Waals surface area contributed by atoms with Gasteiger partial charge in [-0.05, 0) is 31.1 Å². The van der Waals surface area contributed by atoms with Gasteiger partial charge in [0, 0.05) is 6.54 Å². The van der Waals surface area contributed by atoms with Crippen molar-refractivity contribution in [2.24, 2.45) is 11.8 Å². The largest absolute Gasteiger partial charge is 0.476 e. The van der Waals surface area contributed by atoms with Crippen LogP contribution in [0.25, 0.3) is 0 Å². The van der Waals surface area contributed by atoms with Crippen LogP contribution < -0.4 is 0 Å². The van der Waals surface area contributed by atoms with Gasteiger partial charge in [-0.15, -0.1) is 5.10 Å². The third-order valence-electron chi connectivity index (χ3n) is 3.30. The van der Waals surface area contributed by atoms with E-state index in [-0.39, 0.29) is 5.69 Å². The van der Waals surface area contributed by atoms with E-state index in [9.17, 15) is 4.79 Å². The van der Waals surface area contributed by atoms with E-state index in [0.717, 1.165) is 18.7 Å². The van der Waals surface area contributed by atoms with Crippen molar-refractivity contribution in [1.29, 1.82) is 0 Å². The van der Waals surface area contributed by atoms with Crippen molar-refractivity contribution in [1.82, 2.24) is 15.0 Å². The van der Waals surface area contributed by atoms with E-state index < -0.39 is 5.97 Å². The van der Waals surface area contributed by atoms with Gasteiger partial charge in [-0.3, -0.25) is 0 Å². The molecule has 0 atom stereocenters. The highest BCUT2D eigenvalue weighted by molar-refractivity contribution is 5.86. The molecule has 0 bridgehead atoms. The molecule has 5 nitrogen and oxygen atoms in total. The molecule has 1 aromatic rings. The fourth-order valence-corrected chi connectivity index (χ4v) is 2.15. The summed E-state index contributed by atoms with van der Waals surface area (Å²) in [5.74, 6) is 0.0940. The zero-order valence-corrected chi connectivity index (χ0v) is 10.4. The maximum atomic E-state index is 11.1. The Morgan fingerprint density at radius 3 is 2.71 bits per heavy atom. The first-order valence-corrected chi connectivity index (χ1v) is 6.23. The van der Waals surface area contributed by atoms with Crippen LogP contribution in [-0.2, 0) is 13.0 Å². The molecule has 0 amide bonds. The maximum absolute atomic E-state index is 11.1. The molecule has 0 radical (unpaired) electrons. The molecule has 5 heteroatoms. The third-order valence-corrected chi connectivity index (χ3v) is 3.30. The minimum absolute atomic E-state index is 0.123. The van der Waals surface area contributed by atoms with Crippen LogP contribution in [0.3, 0.4) is 0 Å². The number of hydrogen-bond acceptors (Lipinski definition) is 3. The summed E-state index contributed by atoms with van der Waals surface area (Å²) in [6, 6.07) is 0. The van der Waals surface area contributed by atoms with Gasteiger partial charge in [0.05, 0.1) is 5.69 Å². The summed E-state index contributed by atoms with van der Waals surface area (Å²) in [5, 5.41) is 16.9. The Hall–Kier alpha value is -1.39. The Labute approximate surface area is 101 Å². The highest BCUT2D eigenvalue weighted by Crippen LogP contribution is 2.28. The monoisotopic (exact) mass is 237 g/mol. The lowest BCUT2D eigenvalue weighted by atomic mass is 9.85. The highest BCUT2D eigenvalue weighted by Gasteiger charge is 2.24.